The van der Waals surface area contributed by atoms with Gasteiger partial charge in [0, 0.05) is 24.3 Å². The summed E-state index contributed by atoms with van der Waals surface area (Å²) in [5.41, 5.74) is 0.792. The van der Waals surface area contributed by atoms with Gasteiger partial charge in [0.1, 0.15) is 53.7 Å². The van der Waals surface area contributed by atoms with Crippen LogP contribution in [0.4, 0.5) is 0 Å². The number of carbonyl (C=O) groups is 1. The molecule has 44 heavy (non-hydrogen) atoms. The fourth-order valence-corrected chi connectivity index (χ4v) is 4.38. The van der Waals surface area contributed by atoms with E-state index in [-0.39, 0.29) is 57.7 Å². The molecule has 8 N–H and O–H groups in total. The average molecular weight is 631 g/mol. The van der Waals surface area contributed by atoms with Crippen molar-refractivity contribution in [2.45, 2.75) is 30.7 Å². The first kappa shape index (κ1) is 32.1. The van der Waals surface area contributed by atoms with Gasteiger partial charge in [-0.1, -0.05) is 12.1 Å². The fraction of sp³-hybridized carbons (Fsp3) is 0.200. The minimum atomic E-state index is -1.80. The van der Waals surface area contributed by atoms with Gasteiger partial charge in [-0.3, -0.25) is 0 Å². The zero-order valence-corrected chi connectivity index (χ0v) is 23.3. The highest BCUT2D eigenvalue weighted by Crippen LogP contribution is 2.42. The lowest BCUT2D eigenvalue weighted by Gasteiger charge is -2.39. The van der Waals surface area contributed by atoms with E-state index in [1.54, 1.807) is 12.1 Å². The Morgan fingerprint density at radius 3 is 2.25 bits per heavy atom. The molecule has 2 heterocycles. The van der Waals surface area contributed by atoms with Crippen LogP contribution in [0.5, 0.6) is 34.5 Å². The number of rotatable bonds is 7. The van der Waals surface area contributed by atoms with Crippen LogP contribution in [0, 0.1) is 0 Å². The summed E-state index contributed by atoms with van der Waals surface area (Å²) in [6.07, 6.45) is -5.73. The summed E-state index contributed by atoms with van der Waals surface area (Å²) in [7, 11) is 0. The molecule has 14 heteroatoms. The third kappa shape index (κ3) is 6.88. The van der Waals surface area contributed by atoms with Gasteiger partial charge in [-0.2, -0.15) is 0 Å². The van der Waals surface area contributed by atoms with Crippen molar-refractivity contribution in [3.05, 3.63) is 72.3 Å². The zero-order chi connectivity index (χ0) is 30.8. The van der Waals surface area contributed by atoms with E-state index in [0.29, 0.717) is 5.56 Å². The molecule has 0 amide bonds. The van der Waals surface area contributed by atoms with Crippen LogP contribution in [0.1, 0.15) is 5.56 Å². The number of benzene rings is 3. The smallest absolute Gasteiger partial charge is 0.402 e. The monoisotopic (exact) mass is 630 g/mol. The summed E-state index contributed by atoms with van der Waals surface area (Å²) in [5, 5.41) is 81.2. The second-order valence-electron chi connectivity index (χ2n) is 9.71. The highest BCUT2D eigenvalue weighted by atomic mass is 35.5. The highest BCUT2D eigenvalue weighted by Gasteiger charge is 2.46. The second kappa shape index (κ2) is 13.2. The number of aliphatic hydroxyl groups excluding tert-OH is 3. The minimum absolute atomic E-state index is 0. The molecule has 0 saturated carbocycles. The number of halogens is 1. The van der Waals surface area contributed by atoms with Crippen molar-refractivity contribution in [2.75, 3.05) is 6.61 Å². The quantitative estimate of drug-likeness (QED) is 0.0552. The molecule has 0 radical (unpaired) electrons. The van der Waals surface area contributed by atoms with E-state index in [2.05, 4.69) is 0 Å². The van der Waals surface area contributed by atoms with E-state index >= 15 is 0 Å². The van der Waals surface area contributed by atoms with E-state index in [4.69, 9.17) is 18.6 Å². The Kier molecular flexibility index (Phi) is 9.67. The van der Waals surface area contributed by atoms with Crippen molar-refractivity contribution in [3.63, 3.8) is 0 Å². The van der Waals surface area contributed by atoms with E-state index in [9.17, 15) is 45.6 Å². The van der Waals surface area contributed by atoms with Crippen LogP contribution >= 0.6 is 0 Å². The normalized spacial score (nSPS) is 21.6. The largest absolute Gasteiger partial charge is 1.00 e. The number of esters is 1. The summed E-state index contributed by atoms with van der Waals surface area (Å²) in [5.74, 6) is -2.60. The van der Waals surface area contributed by atoms with Crippen LogP contribution in [0.25, 0.3) is 28.4 Å². The van der Waals surface area contributed by atoms with E-state index in [1.807, 2.05) is 0 Å². The molecule has 5 atom stereocenters. The van der Waals surface area contributed by atoms with E-state index in [1.165, 1.54) is 42.5 Å². The molecule has 4 aromatic rings. The van der Waals surface area contributed by atoms with Crippen molar-refractivity contribution in [2.24, 2.45) is 0 Å². The zero-order valence-electron chi connectivity index (χ0n) is 22.5. The number of aliphatic hydroxyl groups is 3. The van der Waals surface area contributed by atoms with Gasteiger partial charge < -0.3 is 67.5 Å². The molecule has 232 valence electrons. The van der Waals surface area contributed by atoms with Crippen LogP contribution in [-0.4, -0.2) is 84.1 Å². The first-order chi connectivity index (χ1) is 20.5. The third-order valence-corrected chi connectivity index (χ3v) is 6.66. The molecule has 3 aromatic carbocycles. The number of aromatic hydroxyl groups is 5. The number of hydrogen-bond donors (Lipinski definition) is 8. The molecule has 1 fully saturated rings. The number of fused-ring (bicyclic) bond motifs is 1. The Morgan fingerprint density at radius 2 is 1.55 bits per heavy atom. The number of phenolic OH excluding ortho intramolecular Hbond substituents is 5. The average Bonchev–Trinajstić information content (AvgIpc) is 2.98. The molecule has 0 bridgehead atoms. The first-order valence-corrected chi connectivity index (χ1v) is 12.9. The maximum absolute atomic E-state index is 12.3. The van der Waals surface area contributed by atoms with Crippen molar-refractivity contribution in [1.29, 1.82) is 0 Å². The van der Waals surface area contributed by atoms with Crippen LogP contribution < -0.4 is 17.1 Å². The van der Waals surface area contributed by atoms with Gasteiger partial charge >= 0.3 is 17.3 Å². The maximum Gasteiger partial charge on any atom is 0.402 e. The molecule has 0 spiro atoms. The third-order valence-electron chi connectivity index (χ3n) is 6.66. The number of hydrogen-bond acceptors (Lipinski definition) is 12. The van der Waals surface area contributed by atoms with Gasteiger partial charge in [0.05, 0.1) is 11.6 Å². The summed E-state index contributed by atoms with van der Waals surface area (Å²) in [6, 6.07) is 13.3. The maximum atomic E-state index is 12.3. The van der Waals surface area contributed by atoms with Crippen molar-refractivity contribution >= 4 is 23.0 Å². The Hall–Kier alpha value is -4.79. The van der Waals surface area contributed by atoms with Gasteiger partial charge in [0.25, 0.3) is 0 Å². The second-order valence-corrected chi connectivity index (χ2v) is 9.71. The van der Waals surface area contributed by atoms with Crippen LogP contribution in [0.2, 0.25) is 0 Å². The Labute approximate surface area is 255 Å². The lowest BCUT2D eigenvalue weighted by Crippen LogP contribution is -3.00. The van der Waals surface area contributed by atoms with Crippen molar-refractivity contribution in [3.8, 4) is 45.8 Å². The number of ether oxygens (including phenoxy) is 3. The Balaban J connectivity index is 0.00000442. The summed E-state index contributed by atoms with van der Waals surface area (Å²) >= 11 is 0. The predicted octanol–water partition coefficient (Wildman–Crippen LogP) is -0.644. The van der Waals surface area contributed by atoms with Crippen LogP contribution in [0.15, 0.2) is 71.2 Å². The summed E-state index contributed by atoms with van der Waals surface area (Å²) < 4.78 is 22.5. The van der Waals surface area contributed by atoms with Crippen LogP contribution in [0.3, 0.4) is 0 Å². The van der Waals surface area contributed by atoms with Gasteiger partial charge in [0.2, 0.25) is 12.0 Å². The van der Waals surface area contributed by atoms with E-state index in [0.717, 1.165) is 18.2 Å². The lowest BCUT2D eigenvalue weighted by atomic mass is 9.99. The van der Waals surface area contributed by atoms with Crippen LogP contribution in [-0.2, 0) is 14.3 Å². The van der Waals surface area contributed by atoms with Gasteiger partial charge in [-0.05, 0) is 35.9 Å². The van der Waals surface area contributed by atoms with Gasteiger partial charge in [-0.15, -0.1) is 0 Å². The standard InChI is InChI=1S/C30H26O13.ClH/c31-16-5-1-14(2-6-16)3-8-25(36)40-13-24-26(37)27(38)28(39)30(43-24)42-23-12-18-20(34)10-17(32)11-22(18)41-29(23)15-4-7-19(33)21(35)9-15;/h1-12,24,26-28,30,37-39H,13H2,(H4-,31,32,33,34,35,36);1H/t24-,26+,27+,28-,30-;/m1./s1. The minimum Gasteiger partial charge on any atom is -1.00 e. The molecular formula is C30H27ClO13. The molecule has 1 aliphatic heterocycles. The Bertz CT molecular complexity index is 1670. The lowest BCUT2D eigenvalue weighted by molar-refractivity contribution is -0.278. The Morgan fingerprint density at radius 1 is 0.818 bits per heavy atom. The highest BCUT2D eigenvalue weighted by molar-refractivity contribution is 5.89. The fourth-order valence-electron chi connectivity index (χ4n) is 4.38. The summed E-state index contributed by atoms with van der Waals surface area (Å²) in [6.45, 7) is -0.537. The topological polar surface area (TPSA) is 218 Å². The number of carbonyl (C=O) groups excluding carboxylic acids is 1. The molecule has 0 aliphatic carbocycles. The molecule has 1 aliphatic rings. The molecule has 13 nitrogen and oxygen atoms in total. The predicted molar refractivity (Wildman–Crippen MR) is 148 cm³/mol. The van der Waals surface area contributed by atoms with Crippen molar-refractivity contribution in [1.82, 2.24) is 0 Å². The molecular weight excluding hydrogens is 604 g/mol. The molecule has 1 saturated heterocycles. The van der Waals surface area contributed by atoms with Gasteiger partial charge in [0.15, 0.2) is 11.5 Å². The van der Waals surface area contributed by atoms with E-state index < -0.39 is 54.8 Å². The molecule has 0 unspecified atom stereocenters. The van der Waals surface area contributed by atoms with Crippen molar-refractivity contribution < 1.29 is 76.7 Å². The molecule has 5 rings (SSSR count). The number of phenols is 5. The SMILES string of the molecule is O=C(/C=C/c1ccc(O)cc1)OC[C@H]1O[C@@H](Oc2cc3c(O)cc(O)cc3[o+]c2-c2ccc(O)c(O)c2)[C@H](O)[C@@H](O)[C@H]1O.[Cl-]. The van der Waals surface area contributed by atoms with Gasteiger partial charge in [-0.25, -0.2) is 9.21 Å². The molecule has 1 aromatic heterocycles. The summed E-state index contributed by atoms with van der Waals surface area (Å²) in [4.78, 5) is 12.3. The first-order valence-electron chi connectivity index (χ1n) is 12.9.